The predicted molar refractivity (Wildman–Crippen MR) is 96.8 cm³/mol. The van der Waals surface area contributed by atoms with Crippen molar-refractivity contribution in [3.63, 3.8) is 0 Å². The molecule has 0 bridgehead atoms. The molecular weight excluding hydrogens is 342 g/mol. The average Bonchev–Trinajstić information content (AvgIpc) is 2.95. The van der Waals surface area contributed by atoms with E-state index in [4.69, 9.17) is 0 Å². The number of thiazole rings is 1. The molecule has 0 N–H and O–H groups in total. The molecule has 0 aliphatic heterocycles. The Morgan fingerprint density at radius 1 is 1.04 bits per heavy atom. The monoisotopic (exact) mass is 361 g/mol. The van der Waals surface area contributed by atoms with Gasteiger partial charge in [0.25, 0.3) is 0 Å². The zero-order valence-electron chi connectivity index (χ0n) is 13.9. The van der Waals surface area contributed by atoms with Crippen LogP contribution in [0.1, 0.15) is 41.9 Å². The minimum atomic E-state index is -3.35. The molecule has 0 saturated heterocycles. The van der Waals surface area contributed by atoms with E-state index in [1.54, 1.807) is 6.92 Å². The Labute approximate surface area is 145 Å². The van der Waals surface area contributed by atoms with Crippen molar-refractivity contribution in [1.82, 2.24) is 15.0 Å². The van der Waals surface area contributed by atoms with Crippen molar-refractivity contribution in [3.05, 3.63) is 51.7 Å². The normalized spacial score (nSPS) is 12.2. The zero-order valence-corrected chi connectivity index (χ0v) is 15.5. The van der Waals surface area contributed by atoms with Crippen molar-refractivity contribution in [2.45, 2.75) is 38.2 Å². The van der Waals surface area contributed by atoms with Gasteiger partial charge in [-0.3, -0.25) is 0 Å². The molecule has 2 aromatic heterocycles. The Hall–Kier alpha value is -1.86. The molecule has 3 aromatic rings. The van der Waals surface area contributed by atoms with E-state index in [0.29, 0.717) is 28.5 Å². The highest BCUT2D eigenvalue weighted by Gasteiger charge is 2.19. The van der Waals surface area contributed by atoms with Crippen molar-refractivity contribution in [3.8, 4) is 0 Å². The van der Waals surface area contributed by atoms with Gasteiger partial charge in [0.1, 0.15) is 0 Å². The number of fused-ring (bicyclic) bond motifs is 1. The van der Waals surface area contributed by atoms with E-state index >= 15 is 0 Å². The molecule has 0 aliphatic carbocycles. The van der Waals surface area contributed by atoms with Crippen LogP contribution in [0, 0.1) is 6.92 Å². The minimum absolute atomic E-state index is 0.0653. The van der Waals surface area contributed by atoms with Crippen LogP contribution in [-0.4, -0.2) is 23.4 Å². The summed E-state index contributed by atoms with van der Waals surface area (Å²) in [5.41, 5.74) is 3.25. The molecule has 1 aromatic carbocycles. The van der Waals surface area contributed by atoms with E-state index in [-0.39, 0.29) is 11.5 Å². The Kier molecular flexibility index (Phi) is 4.64. The number of nitrogens with zero attached hydrogens (tertiary/aromatic N) is 3. The van der Waals surface area contributed by atoms with Gasteiger partial charge in [0.2, 0.25) is 0 Å². The van der Waals surface area contributed by atoms with Gasteiger partial charge in [-0.05, 0) is 19.1 Å². The highest BCUT2D eigenvalue weighted by Crippen LogP contribution is 2.22. The van der Waals surface area contributed by atoms with Gasteiger partial charge in [-0.1, -0.05) is 26.0 Å². The zero-order chi connectivity index (χ0) is 17.3. The highest BCUT2D eigenvalue weighted by molar-refractivity contribution is 7.89. The molecule has 24 heavy (non-hydrogen) atoms. The topological polar surface area (TPSA) is 72.8 Å². The van der Waals surface area contributed by atoms with Gasteiger partial charge >= 0.3 is 0 Å². The summed E-state index contributed by atoms with van der Waals surface area (Å²) >= 11 is 1.51. The Morgan fingerprint density at radius 2 is 1.71 bits per heavy atom. The van der Waals surface area contributed by atoms with E-state index in [1.165, 1.54) is 11.3 Å². The third-order valence-corrected chi connectivity index (χ3v) is 6.27. The van der Waals surface area contributed by atoms with Crippen molar-refractivity contribution in [2.75, 3.05) is 0 Å². The molecule has 0 saturated carbocycles. The summed E-state index contributed by atoms with van der Waals surface area (Å²) in [4.78, 5) is 13.3. The SMILES string of the molecule is Cc1nc2ccccc2nc1CS(=O)(=O)Cc1csc(C(C)C)n1. The Bertz CT molecular complexity index is 978. The van der Waals surface area contributed by atoms with Crippen molar-refractivity contribution in [2.24, 2.45) is 0 Å². The first kappa shape index (κ1) is 17.0. The van der Waals surface area contributed by atoms with Crippen molar-refractivity contribution in [1.29, 1.82) is 0 Å². The number of para-hydroxylation sites is 2. The van der Waals surface area contributed by atoms with Crippen LogP contribution >= 0.6 is 11.3 Å². The minimum Gasteiger partial charge on any atom is -0.250 e. The van der Waals surface area contributed by atoms with Gasteiger partial charge in [-0.2, -0.15) is 0 Å². The summed E-state index contributed by atoms with van der Waals surface area (Å²) in [6, 6.07) is 7.47. The summed E-state index contributed by atoms with van der Waals surface area (Å²) in [5, 5.41) is 2.79. The fourth-order valence-electron chi connectivity index (χ4n) is 2.40. The highest BCUT2D eigenvalue weighted by atomic mass is 32.2. The number of sulfone groups is 1. The molecule has 0 unspecified atom stereocenters. The summed E-state index contributed by atoms with van der Waals surface area (Å²) in [7, 11) is -3.35. The van der Waals surface area contributed by atoms with Gasteiger partial charge in [-0.25, -0.2) is 23.4 Å². The quantitative estimate of drug-likeness (QED) is 0.694. The fourth-order valence-corrected chi connectivity index (χ4v) is 4.73. The van der Waals surface area contributed by atoms with E-state index in [1.807, 2.05) is 43.5 Å². The van der Waals surface area contributed by atoms with Crippen LogP contribution < -0.4 is 0 Å². The number of benzene rings is 1. The largest absolute Gasteiger partial charge is 0.250 e. The Morgan fingerprint density at radius 3 is 2.33 bits per heavy atom. The molecule has 126 valence electrons. The van der Waals surface area contributed by atoms with Crippen molar-refractivity contribution < 1.29 is 8.42 Å². The van der Waals surface area contributed by atoms with Crippen LogP contribution in [0.3, 0.4) is 0 Å². The molecule has 5 nitrogen and oxygen atoms in total. The molecule has 0 atom stereocenters. The first-order valence-electron chi connectivity index (χ1n) is 7.71. The number of hydrogen-bond acceptors (Lipinski definition) is 6. The van der Waals surface area contributed by atoms with Gasteiger partial charge in [0, 0.05) is 11.3 Å². The van der Waals surface area contributed by atoms with Gasteiger partial charge < -0.3 is 0 Å². The molecule has 0 spiro atoms. The van der Waals surface area contributed by atoms with Crippen LogP contribution in [0.4, 0.5) is 0 Å². The van der Waals surface area contributed by atoms with E-state index in [9.17, 15) is 8.42 Å². The lowest BCUT2D eigenvalue weighted by Gasteiger charge is -2.07. The van der Waals surface area contributed by atoms with Crippen LogP contribution in [0.5, 0.6) is 0 Å². The molecule has 2 heterocycles. The van der Waals surface area contributed by atoms with Crippen molar-refractivity contribution >= 4 is 32.2 Å². The lowest BCUT2D eigenvalue weighted by molar-refractivity contribution is 0.593. The first-order chi connectivity index (χ1) is 11.3. The smallest absolute Gasteiger partial charge is 0.161 e. The van der Waals surface area contributed by atoms with E-state index < -0.39 is 9.84 Å². The lowest BCUT2D eigenvalue weighted by Crippen LogP contribution is -2.11. The molecule has 0 fully saturated rings. The summed E-state index contributed by atoms with van der Waals surface area (Å²) in [6.07, 6.45) is 0. The summed E-state index contributed by atoms with van der Waals surface area (Å²) < 4.78 is 25.1. The van der Waals surface area contributed by atoms with E-state index in [2.05, 4.69) is 15.0 Å². The number of rotatable bonds is 5. The molecule has 7 heteroatoms. The third-order valence-electron chi connectivity index (χ3n) is 3.63. The maximum atomic E-state index is 12.5. The van der Waals surface area contributed by atoms with E-state index in [0.717, 1.165) is 10.5 Å². The number of hydrogen-bond donors (Lipinski definition) is 0. The second-order valence-corrected chi connectivity index (χ2v) is 9.06. The van der Waals surface area contributed by atoms with Crippen LogP contribution in [0.2, 0.25) is 0 Å². The molecule has 0 aliphatic rings. The molecule has 3 rings (SSSR count). The summed E-state index contributed by atoms with van der Waals surface area (Å²) in [6.45, 7) is 5.89. The third kappa shape index (κ3) is 3.79. The second-order valence-electron chi connectivity index (χ2n) is 6.11. The van der Waals surface area contributed by atoms with Gasteiger partial charge in [0.15, 0.2) is 9.84 Å². The van der Waals surface area contributed by atoms with Crippen LogP contribution in [0.15, 0.2) is 29.6 Å². The average molecular weight is 361 g/mol. The molecule has 0 amide bonds. The lowest BCUT2D eigenvalue weighted by atomic mass is 10.2. The predicted octanol–water partition coefficient (Wildman–Crippen LogP) is 3.63. The van der Waals surface area contributed by atoms with Crippen LogP contribution in [0.25, 0.3) is 11.0 Å². The number of aryl methyl sites for hydroxylation is 1. The second kappa shape index (κ2) is 6.57. The van der Waals surface area contributed by atoms with Gasteiger partial charge in [-0.15, -0.1) is 11.3 Å². The Balaban J connectivity index is 1.84. The maximum Gasteiger partial charge on any atom is 0.161 e. The summed E-state index contributed by atoms with van der Waals surface area (Å²) in [5.74, 6) is 0.120. The molecule has 0 radical (unpaired) electrons. The fraction of sp³-hybridized carbons (Fsp3) is 0.353. The maximum absolute atomic E-state index is 12.5. The van der Waals surface area contributed by atoms with Gasteiger partial charge in [0.05, 0.1) is 44.6 Å². The first-order valence-corrected chi connectivity index (χ1v) is 10.4. The number of aromatic nitrogens is 3. The standard InChI is InChI=1S/C17H19N3O2S2/c1-11(2)17-19-13(8-23-17)9-24(21,22)10-16-12(3)18-14-6-4-5-7-15(14)20-16/h4-8,11H,9-10H2,1-3H3. The molecular formula is C17H19N3O2S2. The van der Waals surface area contributed by atoms with Crippen LogP contribution in [-0.2, 0) is 21.3 Å².